The normalized spacial score (nSPS) is 16.4. The standard InChI is InChI=1S/C40H48N2O3.C11H9N4O4S.C10H8N4O4S.Co/c1-10-13-18-44-39(43)29-17-15-14-16-28(29)38-32-20-30(26(6)19-25(4)5)34(41-11-2)22-36(32)45-37-23-35-31(21-33(37)38)27(7)24-40(8,9)42(35)12-3;1-6-8(16)4-3-7(10(6)19-2)13-14-11-12-5-9(20-11)15(17)18;1-5-7(15)3-2-6(9(5)16)12-13-10-11-4-8(19-10)14(17)18;/h14-17,19-25H,10-13,18H2,1-9H3;3-5H,2H2,1H3,(H,12,14,16);2-4H,1H3,(H2,11,13,15,16);/q;-1;;+2/p-1/b26-19-,41-34?;;;. The van der Waals surface area contributed by atoms with E-state index in [1.54, 1.807) is 6.92 Å². The van der Waals surface area contributed by atoms with Crippen LogP contribution in [0, 0.1) is 33.3 Å². The van der Waals surface area contributed by atoms with Crippen LogP contribution in [0.5, 0.6) is 0 Å². The van der Waals surface area contributed by atoms with E-state index in [0.717, 1.165) is 111 Å². The predicted molar refractivity (Wildman–Crippen MR) is 325 cm³/mol. The van der Waals surface area contributed by atoms with Gasteiger partial charge in [-0.1, -0.05) is 80.2 Å². The molecule has 21 nitrogen and oxygen atoms in total. The van der Waals surface area contributed by atoms with E-state index in [1.807, 2.05) is 24.3 Å². The first-order valence-corrected chi connectivity index (χ1v) is 28.5. The molecule has 0 spiro atoms. The molecule has 4 aromatic rings. The summed E-state index contributed by atoms with van der Waals surface area (Å²) in [5, 5.41) is 47.4. The first kappa shape index (κ1) is 65.4. The number of thiazole rings is 2. The Bertz CT molecular complexity index is 4050. The molecule has 2 aromatic carbocycles. The Labute approximate surface area is 508 Å². The summed E-state index contributed by atoms with van der Waals surface area (Å²) < 4.78 is 17.5. The van der Waals surface area contributed by atoms with E-state index >= 15 is 0 Å². The Kier molecular flexibility index (Phi) is 22.1. The van der Waals surface area contributed by atoms with Crippen molar-refractivity contribution in [2.24, 2.45) is 26.3 Å². The summed E-state index contributed by atoms with van der Waals surface area (Å²) in [6.45, 7) is 24.8. The SMILES string of the molecule is CC1=C(O)/C(=N/N=c2\[n-]cc([N+](=O)[O-])s2)C=CC1=O.CCCCOC(=O)c1ccccc1-c1c2cc(/C(C)=C\C(C)C)c(=[NH+]CC)cc-2oc2cc3c(cc12)C(C)=CC(C)(C)N3CC.[CH2-]OC1=C(C)C(=O)C=CC1=N/N=c1\[n-]cc([N+](=O)[O-])s1.[Co+2]. The van der Waals surface area contributed by atoms with Gasteiger partial charge in [0.25, 0.3) is 0 Å². The number of likely N-dealkylation sites (N-methyl/N-ethyl adjacent to an activating group) is 1. The van der Waals surface area contributed by atoms with Gasteiger partial charge in [0.15, 0.2) is 11.6 Å². The van der Waals surface area contributed by atoms with E-state index in [2.05, 4.69) is 146 Å². The quantitative estimate of drug-likeness (QED) is 0.0195. The summed E-state index contributed by atoms with van der Waals surface area (Å²) in [5.74, 6) is 0.327. The van der Waals surface area contributed by atoms with Crippen LogP contribution < -0.4 is 34.8 Å². The topological polar surface area (TPSA) is 284 Å². The molecule has 0 saturated heterocycles. The molecule has 2 aromatic heterocycles. The van der Waals surface area contributed by atoms with Gasteiger partial charge in [-0.3, -0.25) is 40.0 Å². The van der Waals surface area contributed by atoms with Crippen LogP contribution in [0.2, 0.25) is 0 Å². The Morgan fingerprint density at radius 1 is 0.859 bits per heavy atom. The molecule has 5 aliphatic rings. The number of esters is 1. The van der Waals surface area contributed by atoms with Crippen molar-refractivity contribution in [2.75, 3.05) is 24.6 Å². The number of carbonyl (C=O) groups excluding carboxylic acids is 3. The van der Waals surface area contributed by atoms with Crippen LogP contribution in [-0.2, 0) is 35.8 Å². The molecular formula is C61H64CoN10O11S2. The smallest absolute Gasteiger partial charge is 0.664 e. The van der Waals surface area contributed by atoms with Gasteiger partial charge in [0.1, 0.15) is 40.8 Å². The van der Waals surface area contributed by atoms with Crippen molar-refractivity contribution in [1.29, 1.82) is 0 Å². The molecule has 1 radical (unpaired) electrons. The number of unbranched alkanes of at least 4 members (excludes halogenated alkanes) is 1. The van der Waals surface area contributed by atoms with Crippen LogP contribution >= 0.6 is 22.7 Å². The number of hydrogen-bond acceptors (Lipinski definition) is 18. The summed E-state index contributed by atoms with van der Waals surface area (Å²) in [6.07, 6.45) is 14.0. The van der Waals surface area contributed by atoms with E-state index < -0.39 is 9.85 Å². The summed E-state index contributed by atoms with van der Waals surface area (Å²) in [4.78, 5) is 69.8. The van der Waals surface area contributed by atoms with Crippen molar-refractivity contribution in [3.8, 4) is 22.5 Å². The van der Waals surface area contributed by atoms with Crippen LogP contribution in [0.25, 0.3) is 44.6 Å². The number of benzene rings is 3. The average Bonchev–Trinajstić information content (AvgIpc) is 1.97. The molecule has 0 amide bonds. The van der Waals surface area contributed by atoms with Crippen molar-refractivity contribution in [3.63, 3.8) is 0 Å². The minimum atomic E-state index is -0.579. The summed E-state index contributed by atoms with van der Waals surface area (Å²) in [6, 6.07) is 16.7. The number of aliphatic hydroxyl groups excluding tert-OH is 1. The van der Waals surface area contributed by atoms with E-state index in [9.17, 15) is 39.7 Å². The number of nitrogens with one attached hydrogen (secondary N) is 1. The minimum Gasteiger partial charge on any atom is -0.664 e. The molecule has 0 atom stereocenters. The third-order valence-corrected chi connectivity index (χ3v) is 15.1. The van der Waals surface area contributed by atoms with E-state index in [0.29, 0.717) is 29.4 Å². The second-order valence-corrected chi connectivity index (χ2v) is 22.2. The number of carbonyl (C=O) groups is 3. The molecule has 9 rings (SSSR count). The number of fused-ring (bicyclic) bond motifs is 3. The molecule has 445 valence electrons. The number of ether oxygens (including phenoxy) is 2. The van der Waals surface area contributed by atoms with Gasteiger partial charge >= 0.3 is 32.8 Å². The van der Waals surface area contributed by atoms with Gasteiger partial charge in [-0.05, 0) is 127 Å². The number of allylic oxidation sites excluding steroid dienone is 9. The Morgan fingerprint density at radius 3 is 2.05 bits per heavy atom. The Balaban J connectivity index is 0.000000238. The van der Waals surface area contributed by atoms with Gasteiger partial charge in [-0.2, -0.15) is 7.11 Å². The van der Waals surface area contributed by atoms with Gasteiger partial charge in [0, 0.05) is 79.1 Å². The van der Waals surface area contributed by atoms with Gasteiger partial charge in [-0.15, -0.1) is 0 Å². The van der Waals surface area contributed by atoms with Crippen LogP contribution in [0.4, 0.5) is 15.7 Å². The molecule has 0 bridgehead atoms. The second-order valence-electron chi connectivity index (χ2n) is 20.2. The van der Waals surface area contributed by atoms with Crippen molar-refractivity contribution < 1.29 is 65.0 Å². The number of anilines is 1. The average molecular weight is 1240 g/mol. The molecule has 0 fully saturated rings. The van der Waals surface area contributed by atoms with Crippen molar-refractivity contribution in [1.82, 2.24) is 9.97 Å². The van der Waals surface area contributed by atoms with Gasteiger partial charge in [0.2, 0.25) is 5.36 Å². The zero-order valence-corrected chi connectivity index (χ0v) is 51.4. The van der Waals surface area contributed by atoms with Gasteiger partial charge in [-0.25, -0.2) is 9.79 Å². The molecule has 24 heteroatoms. The number of nitrogens with zero attached hydrogens (tertiary/aromatic N) is 9. The maximum atomic E-state index is 13.6. The van der Waals surface area contributed by atoms with E-state index in [4.69, 9.17) is 13.9 Å². The maximum Gasteiger partial charge on any atom is 2.00 e. The third kappa shape index (κ3) is 15.2. The van der Waals surface area contributed by atoms with Crippen molar-refractivity contribution >= 4 is 89.4 Å². The Morgan fingerprint density at radius 2 is 1.47 bits per heavy atom. The molecule has 2 N–H and O–H groups in total. The van der Waals surface area contributed by atoms with Gasteiger partial charge < -0.3 is 44.1 Å². The van der Waals surface area contributed by atoms with E-state index in [1.165, 1.54) is 47.9 Å². The molecule has 85 heavy (non-hydrogen) atoms. The predicted octanol–water partition coefficient (Wildman–Crippen LogP) is 10.2. The zero-order chi connectivity index (χ0) is 61.2. The molecule has 0 unspecified atom stereocenters. The minimum absolute atomic E-state index is 0. The van der Waals surface area contributed by atoms with Crippen LogP contribution in [0.3, 0.4) is 0 Å². The Hall–Kier alpha value is -8.71. The van der Waals surface area contributed by atoms with Crippen LogP contribution in [0.1, 0.15) is 110 Å². The van der Waals surface area contributed by atoms with Crippen molar-refractivity contribution in [2.45, 2.75) is 94.5 Å². The van der Waals surface area contributed by atoms with Crippen LogP contribution in [-0.4, -0.2) is 69.1 Å². The second kappa shape index (κ2) is 28.7. The molecule has 2 aliphatic heterocycles. The third-order valence-electron chi connectivity index (χ3n) is 13.4. The van der Waals surface area contributed by atoms with Gasteiger partial charge in [0.05, 0.1) is 33.6 Å². The molecular weight excluding hydrogens is 1170 g/mol. The summed E-state index contributed by atoms with van der Waals surface area (Å²) in [7, 11) is 3.26. The fourth-order valence-corrected chi connectivity index (χ4v) is 10.6. The number of ketones is 2. The number of hydrogen-bond donors (Lipinski definition) is 2. The fraction of sp³-hybridized carbons (Fsp3) is 0.295. The van der Waals surface area contributed by atoms with Crippen LogP contribution in [0.15, 0.2) is 145 Å². The number of nitro groups is 2. The fourth-order valence-electron chi connectivity index (χ4n) is 9.53. The van der Waals surface area contributed by atoms with E-state index in [-0.39, 0.29) is 82.3 Å². The summed E-state index contributed by atoms with van der Waals surface area (Å²) in [5.41, 5.74) is 10.9. The number of aliphatic hydroxyl groups is 1. The van der Waals surface area contributed by atoms with Crippen molar-refractivity contribution in [3.05, 3.63) is 179 Å². The zero-order valence-electron chi connectivity index (χ0n) is 48.8. The summed E-state index contributed by atoms with van der Waals surface area (Å²) >= 11 is 1.55. The number of aromatic nitrogens is 2. The maximum absolute atomic E-state index is 13.6. The number of rotatable bonds is 14. The molecule has 4 heterocycles. The molecule has 0 saturated carbocycles. The largest absolute Gasteiger partial charge is 2.00 e. The first-order chi connectivity index (χ1) is 40.0. The monoisotopic (exact) mass is 1240 g/mol. The molecule has 3 aliphatic carbocycles. The first-order valence-electron chi connectivity index (χ1n) is 26.9.